The molecule has 0 aliphatic rings. The highest BCUT2D eigenvalue weighted by Crippen LogP contribution is 2.18. The molecule has 0 bridgehead atoms. The van der Waals surface area contributed by atoms with E-state index in [0.717, 1.165) is 6.54 Å². The lowest BCUT2D eigenvalue weighted by Crippen LogP contribution is -2.12. The number of aromatic nitrogens is 2. The highest BCUT2D eigenvalue weighted by Gasteiger charge is 2.16. The highest BCUT2D eigenvalue weighted by atomic mass is 35.5. The number of carboxylic acid groups (broad SMARTS) is 1. The number of hydrogen-bond acceptors (Lipinski definition) is 3. The van der Waals surface area contributed by atoms with Crippen molar-refractivity contribution >= 4 is 23.1 Å². The van der Waals surface area contributed by atoms with Crippen LogP contribution in [0.1, 0.15) is 16.3 Å². The summed E-state index contributed by atoms with van der Waals surface area (Å²) in [6.07, 6.45) is 2.40. The molecule has 6 heteroatoms. The summed E-state index contributed by atoms with van der Waals surface area (Å²) < 4.78 is 1.76. The van der Waals surface area contributed by atoms with Crippen molar-refractivity contribution in [2.45, 2.75) is 6.42 Å². The lowest BCUT2D eigenvalue weighted by molar-refractivity contribution is 0.0693. The Balaban J connectivity index is 2.58. The zero-order valence-corrected chi connectivity index (χ0v) is 10.0. The molecular formula is C11H12ClN3O2. The van der Waals surface area contributed by atoms with Gasteiger partial charge in [-0.1, -0.05) is 11.6 Å². The number of halogens is 1. The molecule has 2 aromatic rings. The van der Waals surface area contributed by atoms with Crippen LogP contribution in [0.25, 0.3) is 5.52 Å². The molecule has 0 atom stereocenters. The predicted octanol–water partition coefficient (Wildman–Crippen LogP) is 1.45. The predicted molar refractivity (Wildman–Crippen MR) is 64.8 cm³/mol. The van der Waals surface area contributed by atoms with Crippen LogP contribution in [-0.2, 0) is 6.42 Å². The number of aromatic carboxylic acids is 1. The van der Waals surface area contributed by atoms with Crippen LogP contribution in [0.5, 0.6) is 0 Å². The number of nitrogens with zero attached hydrogens (tertiary/aromatic N) is 2. The van der Waals surface area contributed by atoms with Crippen LogP contribution < -0.4 is 5.32 Å². The minimum absolute atomic E-state index is 0.0404. The summed E-state index contributed by atoms with van der Waals surface area (Å²) in [7, 11) is 1.84. The van der Waals surface area contributed by atoms with Crippen molar-refractivity contribution < 1.29 is 9.90 Å². The summed E-state index contributed by atoms with van der Waals surface area (Å²) in [6.45, 7) is 0.737. The Bertz CT molecular complexity index is 565. The van der Waals surface area contributed by atoms with Crippen LogP contribution in [-0.4, -0.2) is 34.1 Å². The number of pyridine rings is 1. The largest absolute Gasteiger partial charge is 0.476 e. The van der Waals surface area contributed by atoms with Crippen LogP contribution in [0.15, 0.2) is 18.3 Å². The molecule has 0 saturated heterocycles. The third kappa shape index (κ3) is 2.25. The fourth-order valence-corrected chi connectivity index (χ4v) is 1.85. The van der Waals surface area contributed by atoms with Gasteiger partial charge < -0.3 is 14.8 Å². The monoisotopic (exact) mass is 253 g/mol. The maximum absolute atomic E-state index is 11.1. The van der Waals surface area contributed by atoms with Gasteiger partial charge in [-0.05, 0) is 19.2 Å². The van der Waals surface area contributed by atoms with Crippen LogP contribution in [0.2, 0.25) is 5.02 Å². The topological polar surface area (TPSA) is 66.6 Å². The van der Waals surface area contributed by atoms with Crippen molar-refractivity contribution in [2.24, 2.45) is 0 Å². The molecule has 17 heavy (non-hydrogen) atoms. The van der Waals surface area contributed by atoms with E-state index in [0.29, 0.717) is 22.8 Å². The maximum atomic E-state index is 11.1. The molecule has 0 radical (unpaired) electrons. The lowest BCUT2D eigenvalue weighted by Gasteiger charge is -2.00. The van der Waals surface area contributed by atoms with Gasteiger partial charge in [-0.15, -0.1) is 0 Å². The molecule has 5 nitrogen and oxygen atoms in total. The fraction of sp³-hybridized carbons (Fsp3) is 0.273. The van der Waals surface area contributed by atoms with Crippen molar-refractivity contribution in [3.05, 3.63) is 34.9 Å². The van der Waals surface area contributed by atoms with Crippen molar-refractivity contribution in [1.29, 1.82) is 0 Å². The Morgan fingerprint density at radius 2 is 2.41 bits per heavy atom. The number of imidazole rings is 1. The fourth-order valence-electron chi connectivity index (χ4n) is 1.69. The van der Waals surface area contributed by atoms with E-state index < -0.39 is 5.97 Å². The summed E-state index contributed by atoms with van der Waals surface area (Å²) in [6, 6.07) is 3.33. The van der Waals surface area contributed by atoms with Gasteiger partial charge in [-0.3, -0.25) is 0 Å². The highest BCUT2D eigenvalue weighted by molar-refractivity contribution is 6.31. The van der Waals surface area contributed by atoms with Crippen molar-refractivity contribution in [1.82, 2.24) is 14.7 Å². The SMILES string of the molecule is CNCCc1nc(C(=O)O)c2cc(Cl)ccn12. The van der Waals surface area contributed by atoms with Gasteiger partial charge in [0.2, 0.25) is 0 Å². The average Bonchev–Trinajstić information content (AvgIpc) is 2.64. The molecular weight excluding hydrogens is 242 g/mol. The standard InChI is InChI=1S/C11H12ClN3O2/c1-13-4-2-9-14-10(11(16)17)8-6-7(12)3-5-15(8)9/h3,5-6,13H,2,4H2,1H3,(H,16,17). The van der Waals surface area contributed by atoms with Crippen LogP contribution in [0.4, 0.5) is 0 Å². The van der Waals surface area contributed by atoms with Crippen molar-refractivity contribution in [2.75, 3.05) is 13.6 Å². The molecule has 0 spiro atoms. The van der Waals surface area contributed by atoms with E-state index in [1.165, 1.54) is 0 Å². The number of rotatable bonds is 4. The summed E-state index contributed by atoms with van der Waals surface area (Å²) in [5, 5.41) is 12.6. The third-order valence-corrected chi connectivity index (χ3v) is 2.71. The summed E-state index contributed by atoms with van der Waals surface area (Å²) in [4.78, 5) is 15.2. The Labute approximate surface area is 103 Å². The molecule has 0 aromatic carbocycles. The Hall–Kier alpha value is -1.59. The first-order valence-corrected chi connectivity index (χ1v) is 5.55. The molecule has 0 aliphatic carbocycles. The molecule has 0 aliphatic heterocycles. The van der Waals surface area contributed by atoms with Gasteiger partial charge in [0, 0.05) is 24.2 Å². The molecule has 90 valence electrons. The smallest absolute Gasteiger partial charge is 0.356 e. The van der Waals surface area contributed by atoms with Crippen LogP contribution in [0, 0.1) is 0 Å². The lowest BCUT2D eigenvalue weighted by atomic mass is 10.3. The quantitative estimate of drug-likeness (QED) is 0.866. The van der Waals surface area contributed by atoms with Gasteiger partial charge in [0.25, 0.3) is 0 Å². The molecule has 2 rings (SSSR count). The number of fused-ring (bicyclic) bond motifs is 1. The molecule has 0 amide bonds. The number of carboxylic acids is 1. The summed E-state index contributed by atoms with van der Waals surface area (Å²) >= 11 is 5.86. The third-order valence-electron chi connectivity index (χ3n) is 2.48. The summed E-state index contributed by atoms with van der Waals surface area (Å²) in [5.41, 5.74) is 0.565. The van der Waals surface area contributed by atoms with E-state index in [1.54, 1.807) is 22.7 Å². The van der Waals surface area contributed by atoms with Gasteiger partial charge in [-0.25, -0.2) is 9.78 Å². The van der Waals surface area contributed by atoms with E-state index in [-0.39, 0.29) is 5.69 Å². The molecule has 2 aromatic heterocycles. The van der Waals surface area contributed by atoms with Crippen LogP contribution in [0.3, 0.4) is 0 Å². The van der Waals surface area contributed by atoms with Gasteiger partial charge in [-0.2, -0.15) is 0 Å². The molecule has 2 N–H and O–H groups in total. The van der Waals surface area contributed by atoms with Crippen molar-refractivity contribution in [3.63, 3.8) is 0 Å². The van der Waals surface area contributed by atoms with Gasteiger partial charge >= 0.3 is 5.97 Å². The van der Waals surface area contributed by atoms with E-state index in [4.69, 9.17) is 16.7 Å². The minimum Gasteiger partial charge on any atom is -0.476 e. The van der Waals surface area contributed by atoms with Gasteiger partial charge in [0.1, 0.15) is 5.82 Å². The van der Waals surface area contributed by atoms with Crippen LogP contribution >= 0.6 is 11.6 Å². The second kappa shape index (κ2) is 4.73. The Morgan fingerprint density at radius 1 is 1.65 bits per heavy atom. The zero-order valence-electron chi connectivity index (χ0n) is 9.27. The Morgan fingerprint density at radius 3 is 3.06 bits per heavy atom. The second-order valence-electron chi connectivity index (χ2n) is 3.64. The first-order valence-electron chi connectivity index (χ1n) is 5.18. The summed E-state index contributed by atoms with van der Waals surface area (Å²) in [5.74, 6) is -0.330. The number of hydrogen-bond donors (Lipinski definition) is 2. The van der Waals surface area contributed by atoms with E-state index in [1.807, 2.05) is 7.05 Å². The Kier molecular flexibility index (Phi) is 3.31. The number of likely N-dealkylation sites (N-methyl/N-ethyl adjacent to an activating group) is 1. The first-order chi connectivity index (χ1) is 8.13. The van der Waals surface area contributed by atoms with Gasteiger partial charge in [0.05, 0.1) is 5.52 Å². The molecule has 0 fully saturated rings. The minimum atomic E-state index is -1.04. The average molecular weight is 254 g/mol. The molecule has 0 saturated carbocycles. The second-order valence-corrected chi connectivity index (χ2v) is 4.07. The molecule has 0 unspecified atom stereocenters. The van der Waals surface area contributed by atoms with E-state index in [9.17, 15) is 4.79 Å². The van der Waals surface area contributed by atoms with E-state index >= 15 is 0 Å². The first kappa shape index (κ1) is 11.9. The van der Waals surface area contributed by atoms with Crippen molar-refractivity contribution in [3.8, 4) is 0 Å². The zero-order chi connectivity index (χ0) is 12.4. The maximum Gasteiger partial charge on any atom is 0.356 e. The normalized spacial score (nSPS) is 10.9. The van der Waals surface area contributed by atoms with E-state index in [2.05, 4.69) is 10.3 Å². The number of carbonyl (C=O) groups is 1. The number of nitrogens with one attached hydrogen (secondary N) is 1. The van der Waals surface area contributed by atoms with Gasteiger partial charge in [0.15, 0.2) is 5.69 Å². The molecule has 2 heterocycles.